The standard InChI is InChI=1S/C6H9NO3/c1-2-3-7-5(4-8)6(9)10/h1,5,7-8H,3-4H2,(H,9,10)/t5-/m0/s1. The number of hydrogen-bond acceptors (Lipinski definition) is 3. The number of aliphatic hydroxyl groups is 1. The first-order chi connectivity index (χ1) is 4.72. The summed E-state index contributed by atoms with van der Waals surface area (Å²) < 4.78 is 0. The van der Waals surface area contributed by atoms with Gasteiger partial charge in [-0.3, -0.25) is 10.1 Å². The lowest BCUT2D eigenvalue weighted by atomic mass is 10.3. The van der Waals surface area contributed by atoms with Crippen LogP contribution in [-0.4, -0.2) is 35.4 Å². The van der Waals surface area contributed by atoms with Crippen LogP contribution in [0.4, 0.5) is 0 Å². The predicted molar refractivity (Wildman–Crippen MR) is 35.3 cm³/mol. The van der Waals surface area contributed by atoms with E-state index in [0.29, 0.717) is 0 Å². The van der Waals surface area contributed by atoms with E-state index in [4.69, 9.17) is 16.6 Å². The summed E-state index contributed by atoms with van der Waals surface area (Å²) in [6, 6.07) is -0.948. The average molecular weight is 143 g/mol. The Bertz CT molecular complexity index is 150. The summed E-state index contributed by atoms with van der Waals surface area (Å²) >= 11 is 0. The maximum Gasteiger partial charge on any atom is 0.323 e. The molecule has 0 saturated carbocycles. The zero-order valence-electron chi connectivity index (χ0n) is 5.37. The van der Waals surface area contributed by atoms with Gasteiger partial charge in [-0.1, -0.05) is 5.92 Å². The Hall–Kier alpha value is -1.05. The summed E-state index contributed by atoms with van der Waals surface area (Å²) in [6.45, 7) is -0.297. The number of carboxylic acid groups (broad SMARTS) is 1. The minimum atomic E-state index is -1.10. The summed E-state index contributed by atoms with van der Waals surface area (Å²) in [5, 5.41) is 19.2. The molecule has 0 saturated heterocycles. The van der Waals surface area contributed by atoms with E-state index in [2.05, 4.69) is 11.2 Å². The smallest absolute Gasteiger partial charge is 0.323 e. The van der Waals surface area contributed by atoms with E-state index < -0.39 is 18.6 Å². The Balaban J connectivity index is 3.63. The van der Waals surface area contributed by atoms with E-state index in [-0.39, 0.29) is 6.54 Å². The van der Waals surface area contributed by atoms with Crippen molar-refractivity contribution >= 4 is 5.97 Å². The number of nitrogens with one attached hydrogen (secondary N) is 1. The first-order valence-corrected chi connectivity index (χ1v) is 2.73. The van der Waals surface area contributed by atoms with E-state index in [1.165, 1.54) is 0 Å². The van der Waals surface area contributed by atoms with Gasteiger partial charge in [-0.05, 0) is 0 Å². The molecule has 0 aliphatic rings. The van der Waals surface area contributed by atoms with Crippen LogP contribution in [0.25, 0.3) is 0 Å². The molecule has 0 aromatic heterocycles. The van der Waals surface area contributed by atoms with E-state index in [1.807, 2.05) is 0 Å². The largest absolute Gasteiger partial charge is 0.480 e. The number of aliphatic carboxylic acids is 1. The van der Waals surface area contributed by atoms with Gasteiger partial charge in [-0.2, -0.15) is 0 Å². The summed E-state index contributed by atoms with van der Waals surface area (Å²) in [4.78, 5) is 10.1. The Morgan fingerprint density at radius 2 is 2.40 bits per heavy atom. The third-order valence-corrected chi connectivity index (χ3v) is 0.931. The zero-order chi connectivity index (χ0) is 7.98. The van der Waals surface area contributed by atoms with E-state index in [0.717, 1.165) is 0 Å². The van der Waals surface area contributed by atoms with Crippen LogP contribution < -0.4 is 5.32 Å². The molecule has 0 aromatic rings. The average Bonchev–Trinajstić information content (AvgIpc) is 1.89. The Morgan fingerprint density at radius 3 is 2.70 bits per heavy atom. The molecule has 4 nitrogen and oxygen atoms in total. The maximum atomic E-state index is 10.1. The van der Waals surface area contributed by atoms with Crippen molar-refractivity contribution < 1.29 is 15.0 Å². The molecule has 56 valence electrons. The molecule has 0 aliphatic carbocycles. The molecular formula is C6H9NO3. The molecule has 0 amide bonds. The highest BCUT2D eigenvalue weighted by atomic mass is 16.4. The van der Waals surface area contributed by atoms with Crippen LogP contribution in [0.2, 0.25) is 0 Å². The number of carbonyl (C=O) groups is 1. The highest BCUT2D eigenvalue weighted by Crippen LogP contribution is 1.79. The number of carboxylic acids is 1. The topological polar surface area (TPSA) is 69.6 Å². The minimum absolute atomic E-state index is 0.150. The van der Waals surface area contributed by atoms with Crippen LogP contribution in [-0.2, 0) is 4.79 Å². The van der Waals surface area contributed by atoms with Crippen molar-refractivity contribution in [3.63, 3.8) is 0 Å². The molecule has 10 heavy (non-hydrogen) atoms. The van der Waals surface area contributed by atoms with Gasteiger partial charge in [0.15, 0.2) is 0 Å². The molecule has 3 N–H and O–H groups in total. The molecule has 0 spiro atoms. The van der Waals surface area contributed by atoms with Crippen molar-refractivity contribution in [2.75, 3.05) is 13.2 Å². The zero-order valence-corrected chi connectivity index (χ0v) is 5.37. The molecule has 4 heteroatoms. The lowest BCUT2D eigenvalue weighted by Gasteiger charge is -2.07. The van der Waals surface area contributed by atoms with Crippen LogP contribution in [0.15, 0.2) is 0 Å². The lowest BCUT2D eigenvalue weighted by Crippen LogP contribution is -2.39. The molecule has 0 bridgehead atoms. The van der Waals surface area contributed by atoms with Crippen molar-refractivity contribution in [3.05, 3.63) is 0 Å². The second kappa shape index (κ2) is 4.79. The van der Waals surface area contributed by atoms with Crippen LogP contribution in [0.1, 0.15) is 0 Å². The molecular weight excluding hydrogens is 134 g/mol. The fourth-order valence-corrected chi connectivity index (χ4v) is 0.412. The fraction of sp³-hybridized carbons (Fsp3) is 0.500. The summed E-state index contributed by atoms with van der Waals surface area (Å²) in [5.41, 5.74) is 0. The molecule has 1 atom stereocenters. The third-order valence-electron chi connectivity index (χ3n) is 0.931. The van der Waals surface area contributed by atoms with E-state index in [9.17, 15) is 4.79 Å². The van der Waals surface area contributed by atoms with Gasteiger partial charge in [0, 0.05) is 0 Å². The SMILES string of the molecule is C#CCN[C@@H](CO)C(=O)O. The van der Waals surface area contributed by atoms with Gasteiger partial charge >= 0.3 is 5.97 Å². The monoisotopic (exact) mass is 143 g/mol. The van der Waals surface area contributed by atoms with Gasteiger partial charge in [0.25, 0.3) is 0 Å². The Kier molecular flexibility index (Phi) is 4.29. The van der Waals surface area contributed by atoms with E-state index >= 15 is 0 Å². The van der Waals surface area contributed by atoms with Gasteiger partial charge in [-0.25, -0.2) is 0 Å². The highest BCUT2D eigenvalue weighted by molar-refractivity contribution is 5.73. The second-order valence-electron chi connectivity index (χ2n) is 1.66. The molecule has 0 heterocycles. The van der Waals surface area contributed by atoms with Gasteiger partial charge in [0.2, 0.25) is 0 Å². The lowest BCUT2D eigenvalue weighted by molar-refractivity contribution is -0.140. The van der Waals surface area contributed by atoms with Crippen molar-refractivity contribution in [3.8, 4) is 12.3 Å². The van der Waals surface area contributed by atoms with E-state index in [1.54, 1.807) is 0 Å². The minimum Gasteiger partial charge on any atom is -0.480 e. The summed E-state index contributed by atoms with van der Waals surface area (Å²) in [5.74, 6) is 1.10. The first kappa shape index (κ1) is 8.95. The summed E-state index contributed by atoms with van der Waals surface area (Å²) in [6.07, 6.45) is 4.84. The van der Waals surface area contributed by atoms with Crippen LogP contribution in [0.3, 0.4) is 0 Å². The normalized spacial score (nSPS) is 12.0. The summed E-state index contributed by atoms with van der Waals surface area (Å²) in [7, 11) is 0. The number of terminal acetylenes is 1. The van der Waals surface area contributed by atoms with Crippen molar-refractivity contribution in [1.29, 1.82) is 0 Å². The number of rotatable bonds is 4. The van der Waals surface area contributed by atoms with Crippen molar-refractivity contribution in [2.24, 2.45) is 0 Å². The maximum absolute atomic E-state index is 10.1. The quantitative estimate of drug-likeness (QED) is 0.426. The molecule has 0 unspecified atom stereocenters. The van der Waals surface area contributed by atoms with Crippen LogP contribution in [0, 0.1) is 12.3 Å². The Labute approximate surface area is 58.9 Å². The third kappa shape index (κ3) is 3.07. The van der Waals surface area contributed by atoms with Crippen molar-refractivity contribution in [2.45, 2.75) is 6.04 Å². The highest BCUT2D eigenvalue weighted by Gasteiger charge is 2.13. The molecule has 0 aliphatic heterocycles. The second-order valence-corrected chi connectivity index (χ2v) is 1.66. The van der Waals surface area contributed by atoms with Gasteiger partial charge in [0.1, 0.15) is 6.04 Å². The van der Waals surface area contributed by atoms with Gasteiger partial charge in [-0.15, -0.1) is 6.42 Å². The Morgan fingerprint density at radius 1 is 1.80 bits per heavy atom. The number of aliphatic hydroxyl groups excluding tert-OH is 1. The number of hydrogen-bond donors (Lipinski definition) is 3. The molecule has 0 rings (SSSR count). The molecule has 0 fully saturated rings. The van der Waals surface area contributed by atoms with Gasteiger partial charge < -0.3 is 10.2 Å². The van der Waals surface area contributed by atoms with Crippen LogP contribution >= 0.6 is 0 Å². The predicted octanol–water partition coefficient (Wildman–Crippen LogP) is -1.35. The van der Waals surface area contributed by atoms with Crippen molar-refractivity contribution in [1.82, 2.24) is 5.32 Å². The molecule has 0 radical (unpaired) electrons. The fourth-order valence-electron chi connectivity index (χ4n) is 0.412. The molecule has 0 aromatic carbocycles. The van der Waals surface area contributed by atoms with Gasteiger partial charge in [0.05, 0.1) is 13.2 Å². The van der Waals surface area contributed by atoms with Crippen LogP contribution in [0.5, 0.6) is 0 Å². The first-order valence-electron chi connectivity index (χ1n) is 2.73.